The van der Waals surface area contributed by atoms with Crippen LogP contribution in [0.15, 0.2) is 27.9 Å². The molecule has 0 aliphatic carbocycles. The number of benzene rings is 1. The maximum atomic E-state index is 14.3. The van der Waals surface area contributed by atoms with Gasteiger partial charge in [-0.2, -0.15) is 5.10 Å². The van der Waals surface area contributed by atoms with Crippen LogP contribution in [0.4, 0.5) is 4.39 Å². The van der Waals surface area contributed by atoms with Gasteiger partial charge in [0, 0.05) is 11.6 Å². The van der Waals surface area contributed by atoms with Gasteiger partial charge < -0.3 is 14.8 Å². The van der Waals surface area contributed by atoms with Crippen LogP contribution in [-0.2, 0) is 0 Å². The smallest absolute Gasteiger partial charge is 0.152 e. The quantitative estimate of drug-likeness (QED) is 0.437. The molecule has 7 nitrogen and oxygen atoms in total. The molecular weight excluding hydrogens is 315 g/mol. The zero-order valence-electron chi connectivity index (χ0n) is 13.3. The molecule has 0 radical (unpaired) electrons. The van der Waals surface area contributed by atoms with Crippen LogP contribution in [0.5, 0.6) is 5.75 Å². The van der Waals surface area contributed by atoms with Gasteiger partial charge >= 0.3 is 0 Å². The van der Waals surface area contributed by atoms with Crippen molar-refractivity contribution < 1.29 is 19.2 Å². The van der Waals surface area contributed by atoms with Gasteiger partial charge in [-0.1, -0.05) is 10.3 Å². The molecule has 3 aromatic rings. The molecule has 0 spiro atoms. The van der Waals surface area contributed by atoms with Crippen LogP contribution in [0.25, 0.3) is 16.9 Å². The van der Waals surface area contributed by atoms with Crippen molar-refractivity contribution >= 4 is 6.21 Å². The average Bonchev–Trinajstić information content (AvgIpc) is 3.00. The fourth-order valence-electron chi connectivity index (χ4n) is 2.66. The first-order valence-electron chi connectivity index (χ1n) is 7.13. The number of aryl methyl sites for hydroxylation is 3. The van der Waals surface area contributed by atoms with Crippen molar-refractivity contribution in [3.63, 3.8) is 0 Å². The lowest BCUT2D eigenvalue weighted by atomic mass is 10.0. The molecule has 0 aliphatic rings. The second-order valence-corrected chi connectivity index (χ2v) is 5.34. The van der Waals surface area contributed by atoms with Crippen LogP contribution >= 0.6 is 0 Å². The second kappa shape index (κ2) is 5.80. The topological polar surface area (TPSA) is 96.7 Å². The lowest BCUT2D eigenvalue weighted by molar-refractivity contribution is 0.322. The summed E-state index contributed by atoms with van der Waals surface area (Å²) < 4.78 is 20.9. The number of aromatic hydroxyl groups is 1. The molecule has 2 aromatic heterocycles. The van der Waals surface area contributed by atoms with Crippen molar-refractivity contribution in [1.29, 1.82) is 0 Å². The molecule has 1 aromatic carbocycles. The summed E-state index contributed by atoms with van der Waals surface area (Å²) in [5, 5.41) is 29.7. The van der Waals surface area contributed by atoms with Crippen LogP contribution in [0.2, 0.25) is 0 Å². The average molecular weight is 330 g/mol. The van der Waals surface area contributed by atoms with Crippen LogP contribution in [-0.4, -0.2) is 31.5 Å². The number of hydrogen-bond acceptors (Lipinski definition) is 6. The molecule has 24 heavy (non-hydrogen) atoms. The minimum absolute atomic E-state index is 0.142. The molecule has 0 aliphatic heterocycles. The van der Waals surface area contributed by atoms with E-state index in [9.17, 15) is 9.50 Å². The lowest BCUT2D eigenvalue weighted by Crippen LogP contribution is -2.03. The van der Waals surface area contributed by atoms with E-state index >= 15 is 0 Å². The third kappa shape index (κ3) is 2.41. The molecular formula is C16H15FN4O3. The molecule has 0 saturated heterocycles. The van der Waals surface area contributed by atoms with E-state index in [4.69, 9.17) is 9.73 Å². The molecule has 0 atom stereocenters. The third-order valence-electron chi connectivity index (χ3n) is 3.72. The molecule has 0 amide bonds. The summed E-state index contributed by atoms with van der Waals surface area (Å²) >= 11 is 0. The standard InChI is InChI=1S/C16H15FN4O3/c1-8-12(7-18-23)16(15-9(2)20-24-10(15)3)21(19-8)14-5-4-11(22)6-13(14)17/h4-7,22-23H,1-3H3/b18-7-. The maximum absolute atomic E-state index is 14.3. The van der Waals surface area contributed by atoms with Crippen molar-refractivity contribution in [1.82, 2.24) is 14.9 Å². The highest BCUT2D eigenvalue weighted by Crippen LogP contribution is 2.33. The van der Waals surface area contributed by atoms with Crippen molar-refractivity contribution in [2.75, 3.05) is 0 Å². The van der Waals surface area contributed by atoms with Crippen molar-refractivity contribution in [2.24, 2.45) is 5.16 Å². The molecule has 3 rings (SSSR count). The number of halogens is 1. The second-order valence-electron chi connectivity index (χ2n) is 5.34. The Bertz CT molecular complexity index is 924. The summed E-state index contributed by atoms with van der Waals surface area (Å²) in [6, 6.07) is 3.79. The normalized spacial score (nSPS) is 11.5. The van der Waals surface area contributed by atoms with Crippen LogP contribution < -0.4 is 0 Å². The number of phenols is 1. The number of nitrogens with zero attached hydrogens (tertiary/aromatic N) is 4. The molecule has 0 bridgehead atoms. The van der Waals surface area contributed by atoms with Crippen molar-refractivity contribution in [3.05, 3.63) is 46.7 Å². The summed E-state index contributed by atoms with van der Waals surface area (Å²) in [6.07, 6.45) is 1.23. The van der Waals surface area contributed by atoms with E-state index in [0.29, 0.717) is 34.0 Å². The Morgan fingerprint density at radius 1 is 1.25 bits per heavy atom. The number of aromatic nitrogens is 3. The number of oxime groups is 1. The summed E-state index contributed by atoms with van der Waals surface area (Å²) in [4.78, 5) is 0. The minimum Gasteiger partial charge on any atom is -0.508 e. The highest BCUT2D eigenvalue weighted by Gasteiger charge is 2.24. The van der Waals surface area contributed by atoms with Gasteiger partial charge in [0.15, 0.2) is 5.82 Å². The van der Waals surface area contributed by atoms with Gasteiger partial charge in [-0.25, -0.2) is 9.07 Å². The zero-order chi connectivity index (χ0) is 17.4. The van der Waals surface area contributed by atoms with E-state index in [1.165, 1.54) is 23.0 Å². The predicted octanol–water partition coefficient (Wildman–Crippen LogP) is 3.11. The Kier molecular flexibility index (Phi) is 3.80. The van der Waals surface area contributed by atoms with E-state index in [0.717, 1.165) is 6.07 Å². The molecule has 124 valence electrons. The Labute approximate surface area is 136 Å². The highest BCUT2D eigenvalue weighted by molar-refractivity contribution is 5.91. The van der Waals surface area contributed by atoms with Gasteiger partial charge in [0.1, 0.15) is 17.2 Å². The Morgan fingerprint density at radius 2 is 2.00 bits per heavy atom. The van der Waals surface area contributed by atoms with Gasteiger partial charge in [-0.3, -0.25) is 0 Å². The molecule has 8 heteroatoms. The lowest BCUT2D eigenvalue weighted by Gasteiger charge is -2.09. The number of rotatable bonds is 3. The van der Waals surface area contributed by atoms with E-state index in [-0.39, 0.29) is 11.4 Å². The SMILES string of the molecule is Cc1nn(-c2ccc(O)cc2F)c(-c2c(C)noc2C)c1/C=N\O. The van der Waals surface area contributed by atoms with Crippen LogP contribution in [0.1, 0.15) is 22.7 Å². The zero-order valence-corrected chi connectivity index (χ0v) is 13.3. The highest BCUT2D eigenvalue weighted by atomic mass is 19.1. The van der Waals surface area contributed by atoms with Crippen LogP contribution in [0.3, 0.4) is 0 Å². The third-order valence-corrected chi connectivity index (χ3v) is 3.72. The Hall–Kier alpha value is -3.16. The fourth-order valence-corrected chi connectivity index (χ4v) is 2.66. The predicted molar refractivity (Wildman–Crippen MR) is 84.3 cm³/mol. The van der Waals surface area contributed by atoms with Crippen LogP contribution in [0, 0.1) is 26.6 Å². The number of phenolic OH excluding ortho intramolecular Hbond substituents is 1. The Balaban J connectivity index is 2.37. The van der Waals surface area contributed by atoms with Gasteiger partial charge in [-0.05, 0) is 32.9 Å². The number of hydrogen-bond donors (Lipinski definition) is 2. The molecule has 0 fully saturated rings. The van der Waals surface area contributed by atoms with Crippen molar-refractivity contribution in [3.8, 4) is 22.7 Å². The summed E-state index contributed by atoms with van der Waals surface area (Å²) in [5.74, 6) is -0.297. The fraction of sp³-hybridized carbons (Fsp3) is 0.188. The first-order chi connectivity index (χ1) is 11.4. The van der Waals surface area contributed by atoms with Crippen molar-refractivity contribution in [2.45, 2.75) is 20.8 Å². The molecule has 0 saturated carbocycles. The molecule has 2 N–H and O–H groups in total. The summed E-state index contributed by atoms with van der Waals surface area (Å²) in [5.41, 5.74) is 2.92. The van der Waals surface area contributed by atoms with E-state index < -0.39 is 5.82 Å². The summed E-state index contributed by atoms with van der Waals surface area (Å²) in [6.45, 7) is 5.20. The molecule has 2 heterocycles. The van der Waals surface area contributed by atoms with Gasteiger partial charge in [0.05, 0.1) is 28.9 Å². The minimum atomic E-state index is -0.641. The largest absolute Gasteiger partial charge is 0.508 e. The van der Waals surface area contributed by atoms with E-state index in [2.05, 4.69) is 15.4 Å². The monoisotopic (exact) mass is 330 g/mol. The van der Waals surface area contributed by atoms with Gasteiger partial charge in [0.2, 0.25) is 0 Å². The first-order valence-corrected chi connectivity index (χ1v) is 7.13. The molecule has 0 unspecified atom stereocenters. The van der Waals surface area contributed by atoms with E-state index in [1.54, 1.807) is 20.8 Å². The summed E-state index contributed by atoms with van der Waals surface area (Å²) in [7, 11) is 0. The maximum Gasteiger partial charge on any atom is 0.152 e. The first kappa shape index (κ1) is 15.7. The van der Waals surface area contributed by atoms with E-state index in [1.807, 2.05) is 0 Å². The Morgan fingerprint density at radius 3 is 2.58 bits per heavy atom. The van der Waals surface area contributed by atoms with Gasteiger partial charge in [-0.15, -0.1) is 0 Å². The van der Waals surface area contributed by atoms with Gasteiger partial charge in [0.25, 0.3) is 0 Å².